The number of halogens is 3. The number of amides is 1. The van der Waals surface area contributed by atoms with E-state index in [1.54, 1.807) is 35.1 Å². The molecule has 0 radical (unpaired) electrons. The Balaban J connectivity index is 1.39. The number of hydrogen-bond acceptors (Lipinski definition) is 3. The largest absolute Gasteiger partial charge is 0.489 e. The molecule has 0 atom stereocenters. The maximum Gasteiger partial charge on any atom is 0.256 e. The molecule has 0 saturated carbocycles. The van der Waals surface area contributed by atoms with Crippen molar-refractivity contribution in [1.82, 2.24) is 9.78 Å². The third-order valence-electron chi connectivity index (χ3n) is 5.42. The van der Waals surface area contributed by atoms with Crippen LogP contribution in [0.1, 0.15) is 46.8 Å². The van der Waals surface area contributed by atoms with E-state index in [0.717, 1.165) is 16.9 Å². The molecule has 0 unspecified atom stereocenters. The van der Waals surface area contributed by atoms with Gasteiger partial charge >= 0.3 is 0 Å². The van der Waals surface area contributed by atoms with Gasteiger partial charge in [-0.25, -0.2) is 0 Å². The first-order chi connectivity index (χ1) is 16.8. The van der Waals surface area contributed by atoms with Crippen LogP contribution in [0.25, 0.3) is 0 Å². The summed E-state index contributed by atoms with van der Waals surface area (Å²) >= 11 is 18.4. The molecule has 0 bridgehead atoms. The highest BCUT2D eigenvalue weighted by molar-refractivity contribution is 6.42. The van der Waals surface area contributed by atoms with Gasteiger partial charge in [0.15, 0.2) is 5.82 Å². The van der Waals surface area contributed by atoms with Gasteiger partial charge in [-0.1, -0.05) is 79.0 Å². The number of ether oxygens (including phenoxy) is 1. The van der Waals surface area contributed by atoms with Gasteiger partial charge in [-0.3, -0.25) is 9.48 Å². The second kappa shape index (κ2) is 11.2. The summed E-state index contributed by atoms with van der Waals surface area (Å²) in [5, 5.41) is 8.46. The van der Waals surface area contributed by atoms with Crippen LogP contribution in [0, 0.1) is 0 Å². The third-order valence-corrected chi connectivity index (χ3v) is 6.43. The number of aromatic nitrogens is 2. The number of hydrogen-bond donors (Lipinski definition) is 1. The molecular formula is C27H24Cl3N3O2. The minimum absolute atomic E-state index is 0.281. The molecule has 0 aliphatic heterocycles. The van der Waals surface area contributed by atoms with Crippen molar-refractivity contribution in [2.45, 2.75) is 32.9 Å². The molecule has 1 heterocycles. The predicted octanol–water partition coefficient (Wildman–Crippen LogP) is 7.85. The van der Waals surface area contributed by atoms with E-state index in [1.165, 1.54) is 5.56 Å². The number of anilines is 1. The van der Waals surface area contributed by atoms with Crippen LogP contribution in [0.3, 0.4) is 0 Å². The molecule has 0 aliphatic rings. The Labute approximate surface area is 219 Å². The molecule has 0 aliphatic carbocycles. The average molecular weight is 529 g/mol. The van der Waals surface area contributed by atoms with Crippen molar-refractivity contribution in [2.75, 3.05) is 5.32 Å². The van der Waals surface area contributed by atoms with Crippen LogP contribution in [0.5, 0.6) is 5.75 Å². The molecule has 8 heteroatoms. The molecule has 1 aromatic heterocycles. The van der Waals surface area contributed by atoms with Crippen molar-refractivity contribution >= 4 is 46.5 Å². The van der Waals surface area contributed by atoms with E-state index in [-0.39, 0.29) is 11.7 Å². The second-order valence-corrected chi connectivity index (χ2v) is 9.66. The molecule has 4 rings (SSSR count). The first kappa shape index (κ1) is 25.1. The molecule has 180 valence electrons. The van der Waals surface area contributed by atoms with Gasteiger partial charge in [0.25, 0.3) is 5.91 Å². The van der Waals surface area contributed by atoms with E-state index < -0.39 is 0 Å². The zero-order chi connectivity index (χ0) is 24.9. The van der Waals surface area contributed by atoms with Gasteiger partial charge in [-0.15, -0.1) is 0 Å². The standard InChI is InChI=1S/C27H24Cl3N3O2/c1-17(2)20-7-9-22(10-8-20)35-16-19-4-3-5-21(12-19)27(34)31-26-25(30)15-33(32-26)14-18-6-11-23(28)24(29)13-18/h3-13,15,17H,14,16H2,1-2H3,(H,31,32,34). The lowest BCUT2D eigenvalue weighted by molar-refractivity contribution is 0.102. The summed E-state index contributed by atoms with van der Waals surface area (Å²) in [7, 11) is 0. The zero-order valence-electron chi connectivity index (χ0n) is 19.3. The molecule has 4 aromatic rings. The number of rotatable bonds is 8. The quantitative estimate of drug-likeness (QED) is 0.253. The summed E-state index contributed by atoms with van der Waals surface area (Å²) in [6.07, 6.45) is 1.65. The maximum atomic E-state index is 12.9. The first-order valence-electron chi connectivity index (χ1n) is 11.1. The van der Waals surface area contributed by atoms with Crippen LogP contribution in [0.2, 0.25) is 15.1 Å². The lowest BCUT2D eigenvalue weighted by Gasteiger charge is -2.10. The van der Waals surface area contributed by atoms with Crippen LogP contribution >= 0.6 is 34.8 Å². The van der Waals surface area contributed by atoms with E-state index in [4.69, 9.17) is 39.5 Å². The molecule has 5 nitrogen and oxygen atoms in total. The Kier molecular flexibility index (Phi) is 8.01. The highest BCUT2D eigenvalue weighted by Gasteiger charge is 2.14. The monoisotopic (exact) mass is 527 g/mol. The van der Waals surface area contributed by atoms with E-state index in [1.807, 2.05) is 30.3 Å². The fourth-order valence-corrected chi connectivity index (χ4v) is 4.00. The highest BCUT2D eigenvalue weighted by atomic mass is 35.5. The van der Waals surface area contributed by atoms with Crippen molar-refractivity contribution in [3.63, 3.8) is 0 Å². The summed E-state index contributed by atoms with van der Waals surface area (Å²) in [6.45, 7) is 5.08. The Morgan fingerprint density at radius 2 is 1.71 bits per heavy atom. The molecule has 35 heavy (non-hydrogen) atoms. The van der Waals surface area contributed by atoms with Crippen molar-refractivity contribution in [3.05, 3.63) is 110 Å². The highest BCUT2D eigenvalue weighted by Crippen LogP contribution is 2.25. The van der Waals surface area contributed by atoms with Gasteiger partial charge < -0.3 is 10.1 Å². The number of nitrogens with one attached hydrogen (secondary N) is 1. The Bertz CT molecular complexity index is 1330. The summed E-state index contributed by atoms with van der Waals surface area (Å²) in [5.41, 5.74) is 3.52. The normalized spacial score (nSPS) is 11.0. The van der Waals surface area contributed by atoms with Gasteiger partial charge in [-0.05, 0) is 59.0 Å². The van der Waals surface area contributed by atoms with Crippen molar-refractivity contribution < 1.29 is 9.53 Å². The van der Waals surface area contributed by atoms with Crippen molar-refractivity contribution in [1.29, 1.82) is 0 Å². The summed E-state index contributed by atoms with van der Waals surface area (Å²) in [5.74, 6) is 1.22. The number of nitrogens with zero attached hydrogens (tertiary/aromatic N) is 2. The van der Waals surface area contributed by atoms with Crippen LogP contribution < -0.4 is 10.1 Å². The van der Waals surface area contributed by atoms with Crippen LogP contribution in [0.4, 0.5) is 5.82 Å². The molecule has 0 fully saturated rings. The van der Waals surface area contributed by atoms with Gasteiger partial charge in [0.1, 0.15) is 17.4 Å². The van der Waals surface area contributed by atoms with Gasteiger partial charge in [0.2, 0.25) is 0 Å². The zero-order valence-corrected chi connectivity index (χ0v) is 21.5. The predicted molar refractivity (Wildman–Crippen MR) is 142 cm³/mol. The van der Waals surface area contributed by atoms with Gasteiger partial charge in [0.05, 0.1) is 16.6 Å². The summed E-state index contributed by atoms with van der Waals surface area (Å²) in [6, 6.07) is 20.7. The van der Waals surface area contributed by atoms with E-state index in [2.05, 4.69) is 36.4 Å². The van der Waals surface area contributed by atoms with Gasteiger partial charge in [-0.2, -0.15) is 5.10 Å². The topological polar surface area (TPSA) is 56.1 Å². The maximum absolute atomic E-state index is 12.9. The molecular weight excluding hydrogens is 505 g/mol. The second-order valence-electron chi connectivity index (χ2n) is 8.44. The van der Waals surface area contributed by atoms with E-state index in [0.29, 0.717) is 39.7 Å². The van der Waals surface area contributed by atoms with Crippen molar-refractivity contribution in [2.24, 2.45) is 0 Å². The average Bonchev–Trinajstić information content (AvgIpc) is 3.18. The van der Waals surface area contributed by atoms with Crippen LogP contribution in [-0.4, -0.2) is 15.7 Å². The number of benzene rings is 3. The van der Waals surface area contributed by atoms with Crippen LogP contribution in [0.15, 0.2) is 72.9 Å². The number of carbonyl (C=O) groups is 1. The minimum atomic E-state index is -0.310. The lowest BCUT2D eigenvalue weighted by Crippen LogP contribution is -2.13. The Hall–Kier alpha value is -2.99. The molecule has 0 saturated heterocycles. The molecule has 3 aromatic carbocycles. The molecule has 0 spiro atoms. The Morgan fingerprint density at radius 1 is 0.943 bits per heavy atom. The Morgan fingerprint density at radius 3 is 2.43 bits per heavy atom. The fourth-order valence-electron chi connectivity index (χ4n) is 3.49. The fraction of sp³-hybridized carbons (Fsp3) is 0.185. The molecule has 1 amide bonds. The lowest BCUT2D eigenvalue weighted by atomic mass is 10.0. The minimum Gasteiger partial charge on any atom is -0.489 e. The smallest absolute Gasteiger partial charge is 0.256 e. The number of carbonyl (C=O) groups excluding carboxylic acids is 1. The van der Waals surface area contributed by atoms with E-state index in [9.17, 15) is 4.79 Å². The van der Waals surface area contributed by atoms with Gasteiger partial charge in [0, 0.05) is 11.8 Å². The summed E-state index contributed by atoms with van der Waals surface area (Å²) < 4.78 is 7.52. The van der Waals surface area contributed by atoms with Crippen LogP contribution in [-0.2, 0) is 13.2 Å². The third kappa shape index (κ3) is 6.57. The molecule has 1 N–H and O–H groups in total. The first-order valence-corrected chi connectivity index (χ1v) is 12.2. The summed E-state index contributed by atoms with van der Waals surface area (Å²) in [4.78, 5) is 12.9. The SMILES string of the molecule is CC(C)c1ccc(OCc2cccc(C(=O)Nc3nn(Cc4ccc(Cl)c(Cl)c4)cc3Cl)c2)cc1. The van der Waals surface area contributed by atoms with E-state index >= 15 is 0 Å². The van der Waals surface area contributed by atoms with Crippen molar-refractivity contribution in [3.8, 4) is 5.75 Å².